The Hall–Kier alpha value is -1.69. The largest absolute Gasteiger partial charge is 0.364 e. The van der Waals surface area contributed by atoms with Gasteiger partial charge in [0, 0.05) is 24.5 Å². The molecule has 1 saturated carbocycles. The fourth-order valence-electron chi connectivity index (χ4n) is 1.18. The summed E-state index contributed by atoms with van der Waals surface area (Å²) >= 11 is 0. The Balaban J connectivity index is 2.19. The molecule has 1 fully saturated rings. The third kappa shape index (κ3) is 1.64. The van der Waals surface area contributed by atoms with Crippen molar-refractivity contribution in [3.8, 4) is 0 Å². The minimum Gasteiger partial charge on any atom is -0.364 e. The summed E-state index contributed by atoms with van der Waals surface area (Å²) < 4.78 is 0. The highest BCUT2D eigenvalue weighted by Gasteiger charge is 2.34. The molecule has 5 N–H and O–H groups in total. The van der Waals surface area contributed by atoms with Crippen LogP contribution in [0.5, 0.6) is 0 Å². The van der Waals surface area contributed by atoms with Gasteiger partial charge in [0.2, 0.25) is 0 Å². The number of primary amides is 1. The van der Waals surface area contributed by atoms with E-state index in [2.05, 4.69) is 15.3 Å². The number of anilines is 1. The molecular weight excluding hydrogens is 182 g/mol. The molecule has 1 aliphatic carbocycles. The Morgan fingerprint density at radius 2 is 2.14 bits per heavy atom. The van der Waals surface area contributed by atoms with Crippen LogP contribution in [-0.4, -0.2) is 28.0 Å². The van der Waals surface area contributed by atoms with Gasteiger partial charge in [-0.15, -0.1) is 0 Å². The van der Waals surface area contributed by atoms with E-state index < -0.39 is 5.91 Å². The van der Waals surface area contributed by atoms with Crippen molar-refractivity contribution < 1.29 is 4.79 Å². The molecule has 1 aromatic rings. The smallest absolute Gasteiger partial charge is 0.271 e. The fourth-order valence-corrected chi connectivity index (χ4v) is 1.18. The minimum absolute atomic E-state index is 0.137. The second kappa shape index (κ2) is 3.22. The first-order valence-electron chi connectivity index (χ1n) is 4.31. The van der Waals surface area contributed by atoms with Crippen molar-refractivity contribution in [3.05, 3.63) is 18.1 Å². The van der Waals surface area contributed by atoms with Crippen LogP contribution < -0.4 is 16.8 Å². The van der Waals surface area contributed by atoms with Gasteiger partial charge in [0.25, 0.3) is 5.91 Å². The van der Waals surface area contributed by atoms with E-state index in [1.165, 1.54) is 12.4 Å². The summed E-state index contributed by atoms with van der Waals surface area (Å²) in [6, 6.07) is 0.322. The van der Waals surface area contributed by atoms with Gasteiger partial charge in [0.15, 0.2) is 11.5 Å². The van der Waals surface area contributed by atoms with Gasteiger partial charge in [0.1, 0.15) is 0 Å². The van der Waals surface area contributed by atoms with Crippen LogP contribution in [0.4, 0.5) is 5.82 Å². The predicted molar refractivity (Wildman–Crippen MR) is 50.6 cm³/mol. The second-order valence-electron chi connectivity index (χ2n) is 3.27. The first-order chi connectivity index (χ1) is 6.68. The zero-order chi connectivity index (χ0) is 10.1. The van der Waals surface area contributed by atoms with Crippen LogP contribution in [0.25, 0.3) is 0 Å². The van der Waals surface area contributed by atoms with Crippen LogP contribution in [-0.2, 0) is 0 Å². The van der Waals surface area contributed by atoms with Crippen molar-refractivity contribution >= 4 is 11.7 Å². The van der Waals surface area contributed by atoms with E-state index in [0.29, 0.717) is 5.82 Å². The molecular formula is C8H11N5O. The monoisotopic (exact) mass is 193 g/mol. The van der Waals surface area contributed by atoms with Gasteiger partial charge in [0.05, 0.1) is 0 Å². The van der Waals surface area contributed by atoms with Gasteiger partial charge < -0.3 is 16.8 Å². The third-order valence-corrected chi connectivity index (χ3v) is 2.09. The maximum atomic E-state index is 11.0. The lowest BCUT2D eigenvalue weighted by molar-refractivity contribution is 0.0996. The van der Waals surface area contributed by atoms with Crippen LogP contribution in [0, 0.1) is 0 Å². The number of nitrogens with one attached hydrogen (secondary N) is 1. The normalized spacial score (nSPS) is 24.4. The number of carbonyl (C=O) groups is 1. The van der Waals surface area contributed by atoms with Gasteiger partial charge in [-0.3, -0.25) is 4.79 Å². The molecule has 0 spiro atoms. The second-order valence-corrected chi connectivity index (χ2v) is 3.27. The minimum atomic E-state index is -0.588. The first-order valence-corrected chi connectivity index (χ1v) is 4.31. The number of amides is 1. The Morgan fingerprint density at radius 3 is 2.71 bits per heavy atom. The third-order valence-electron chi connectivity index (χ3n) is 2.09. The van der Waals surface area contributed by atoms with Gasteiger partial charge in [-0.05, 0) is 6.42 Å². The molecule has 2 unspecified atom stereocenters. The molecule has 1 heterocycles. The number of hydrogen-bond donors (Lipinski definition) is 3. The summed E-state index contributed by atoms with van der Waals surface area (Å²) in [5, 5.41) is 3.02. The molecule has 1 aliphatic rings. The van der Waals surface area contributed by atoms with E-state index in [0.717, 1.165) is 6.42 Å². The summed E-state index contributed by atoms with van der Waals surface area (Å²) in [4.78, 5) is 18.8. The molecule has 0 bridgehead atoms. The van der Waals surface area contributed by atoms with E-state index in [9.17, 15) is 4.79 Å². The summed E-state index contributed by atoms with van der Waals surface area (Å²) in [6.45, 7) is 0. The summed E-state index contributed by atoms with van der Waals surface area (Å²) in [5.74, 6) is -0.173. The Bertz CT molecular complexity index is 367. The first kappa shape index (κ1) is 8.89. The standard InChI is InChI=1S/C8H11N5O/c9-4-3-5(4)13-8-6(7(10)14)11-1-2-12-8/h1-2,4-5H,3,9H2,(H2,10,14)(H,12,13). The fraction of sp³-hybridized carbons (Fsp3) is 0.375. The number of rotatable bonds is 3. The topological polar surface area (TPSA) is 107 Å². The number of carbonyl (C=O) groups excluding carboxylic acids is 1. The summed E-state index contributed by atoms with van der Waals surface area (Å²) in [6.07, 6.45) is 3.82. The molecule has 6 heteroatoms. The number of hydrogen-bond acceptors (Lipinski definition) is 5. The molecule has 0 aromatic carbocycles. The van der Waals surface area contributed by atoms with Gasteiger partial charge in [-0.25, -0.2) is 9.97 Å². The number of nitrogens with two attached hydrogens (primary N) is 2. The molecule has 2 rings (SSSR count). The molecule has 1 amide bonds. The maximum absolute atomic E-state index is 11.0. The van der Waals surface area contributed by atoms with Crippen molar-refractivity contribution in [2.24, 2.45) is 11.5 Å². The molecule has 1 aromatic heterocycles. The lowest BCUT2D eigenvalue weighted by atomic mass is 10.4. The molecule has 0 radical (unpaired) electrons. The van der Waals surface area contributed by atoms with E-state index in [-0.39, 0.29) is 17.8 Å². The highest BCUT2D eigenvalue weighted by Crippen LogP contribution is 2.23. The lowest BCUT2D eigenvalue weighted by Gasteiger charge is -2.05. The number of nitrogens with zero attached hydrogens (tertiary/aromatic N) is 2. The average molecular weight is 193 g/mol. The Labute approximate surface area is 80.7 Å². The van der Waals surface area contributed by atoms with Gasteiger partial charge in [-0.2, -0.15) is 0 Å². The van der Waals surface area contributed by atoms with Crippen LogP contribution in [0.1, 0.15) is 16.9 Å². The predicted octanol–water partition coefficient (Wildman–Crippen LogP) is -0.913. The Kier molecular flexibility index (Phi) is 2.05. The van der Waals surface area contributed by atoms with Crippen LogP contribution in [0.3, 0.4) is 0 Å². The molecule has 0 saturated heterocycles. The van der Waals surface area contributed by atoms with E-state index in [4.69, 9.17) is 11.5 Å². The molecule has 0 aliphatic heterocycles. The zero-order valence-electron chi connectivity index (χ0n) is 7.47. The zero-order valence-corrected chi connectivity index (χ0v) is 7.47. The van der Waals surface area contributed by atoms with Gasteiger partial charge in [-0.1, -0.05) is 0 Å². The van der Waals surface area contributed by atoms with Crippen LogP contribution in [0.2, 0.25) is 0 Å². The molecule has 2 atom stereocenters. The van der Waals surface area contributed by atoms with Gasteiger partial charge >= 0.3 is 0 Å². The quantitative estimate of drug-likeness (QED) is 0.576. The average Bonchev–Trinajstić information content (AvgIpc) is 2.82. The van der Waals surface area contributed by atoms with E-state index in [1.807, 2.05) is 0 Å². The maximum Gasteiger partial charge on any atom is 0.271 e. The van der Waals surface area contributed by atoms with Crippen molar-refractivity contribution in [1.29, 1.82) is 0 Å². The summed E-state index contributed by atoms with van der Waals surface area (Å²) in [5.41, 5.74) is 10.9. The van der Waals surface area contributed by atoms with Crippen LogP contribution in [0.15, 0.2) is 12.4 Å². The molecule has 6 nitrogen and oxygen atoms in total. The van der Waals surface area contributed by atoms with Crippen molar-refractivity contribution in [3.63, 3.8) is 0 Å². The van der Waals surface area contributed by atoms with Crippen molar-refractivity contribution in [2.75, 3.05) is 5.32 Å². The number of aromatic nitrogens is 2. The van der Waals surface area contributed by atoms with Crippen LogP contribution >= 0.6 is 0 Å². The SMILES string of the molecule is NC(=O)c1nccnc1NC1CC1N. The highest BCUT2D eigenvalue weighted by atomic mass is 16.1. The lowest BCUT2D eigenvalue weighted by Crippen LogP contribution is -2.20. The van der Waals surface area contributed by atoms with E-state index >= 15 is 0 Å². The Morgan fingerprint density at radius 1 is 1.50 bits per heavy atom. The highest BCUT2D eigenvalue weighted by molar-refractivity contribution is 5.95. The molecule has 14 heavy (non-hydrogen) atoms. The van der Waals surface area contributed by atoms with E-state index in [1.54, 1.807) is 0 Å². The van der Waals surface area contributed by atoms with Crippen molar-refractivity contribution in [1.82, 2.24) is 9.97 Å². The summed E-state index contributed by atoms with van der Waals surface area (Å²) in [7, 11) is 0. The van der Waals surface area contributed by atoms with Crippen molar-refractivity contribution in [2.45, 2.75) is 18.5 Å². The molecule has 74 valence electrons.